The fraction of sp³-hybridized carbons (Fsp3) is 0.0833. The molecular weight excluding hydrogens is 218 g/mol. The average molecular weight is 229 g/mol. The van der Waals surface area contributed by atoms with Crippen LogP contribution in [0, 0.1) is 17.0 Å². The maximum atomic E-state index is 10.6. The van der Waals surface area contributed by atoms with Gasteiger partial charge in [-0.2, -0.15) is 0 Å². The molecule has 0 fully saturated rings. The molecule has 86 valence electrons. The molecule has 0 radical (unpaired) electrons. The van der Waals surface area contributed by atoms with Crippen LogP contribution in [0.3, 0.4) is 0 Å². The molecule has 0 aliphatic carbocycles. The summed E-state index contributed by atoms with van der Waals surface area (Å²) < 4.78 is 0. The molecule has 17 heavy (non-hydrogen) atoms. The largest absolute Gasteiger partial charge is 0.378 e. The predicted octanol–water partition coefficient (Wildman–Crippen LogP) is 2.55. The molecular formula is C12H11N3O2. The molecule has 0 atom stereocenters. The van der Waals surface area contributed by atoms with Crippen LogP contribution >= 0.6 is 0 Å². The first-order valence-electron chi connectivity index (χ1n) is 5.06. The summed E-state index contributed by atoms with van der Waals surface area (Å²) in [5, 5.41) is 10.6. The van der Waals surface area contributed by atoms with E-state index in [1.165, 1.54) is 6.07 Å². The molecule has 5 nitrogen and oxygen atoms in total. The zero-order chi connectivity index (χ0) is 12.4. The van der Waals surface area contributed by atoms with Crippen molar-refractivity contribution in [3.05, 3.63) is 52.1 Å². The van der Waals surface area contributed by atoms with E-state index in [9.17, 15) is 10.1 Å². The van der Waals surface area contributed by atoms with E-state index in [0.717, 1.165) is 11.1 Å². The minimum absolute atomic E-state index is 0.0620. The summed E-state index contributed by atoms with van der Waals surface area (Å²) in [5.74, 6) is -0.0620. The number of hydrogen-bond acceptors (Lipinski definition) is 4. The first kappa shape index (κ1) is 11.1. The van der Waals surface area contributed by atoms with Crippen molar-refractivity contribution < 1.29 is 4.92 Å². The summed E-state index contributed by atoms with van der Waals surface area (Å²) in [7, 11) is 0. The maximum Gasteiger partial charge on any atom is 0.311 e. The van der Waals surface area contributed by atoms with Gasteiger partial charge in [0.15, 0.2) is 0 Å². The highest BCUT2D eigenvalue weighted by atomic mass is 16.6. The molecule has 1 heterocycles. The van der Waals surface area contributed by atoms with Gasteiger partial charge in [0.2, 0.25) is 5.82 Å². The Morgan fingerprint density at radius 3 is 2.35 bits per heavy atom. The quantitative estimate of drug-likeness (QED) is 0.633. The van der Waals surface area contributed by atoms with Crippen LogP contribution in [0.25, 0.3) is 11.3 Å². The van der Waals surface area contributed by atoms with Crippen LogP contribution in [-0.4, -0.2) is 9.91 Å². The molecule has 5 heteroatoms. The van der Waals surface area contributed by atoms with Crippen molar-refractivity contribution in [2.75, 3.05) is 5.73 Å². The summed E-state index contributed by atoms with van der Waals surface area (Å²) in [6, 6.07) is 10.7. The molecule has 0 saturated carbocycles. The number of rotatable bonds is 2. The maximum absolute atomic E-state index is 10.6. The molecule has 0 spiro atoms. The molecule has 2 N–H and O–H groups in total. The highest BCUT2D eigenvalue weighted by Crippen LogP contribution is 2.24. The third-order valence-corrected chi connectivity index (χ3v) is 2.45. The van der Waals surface area contributed by atoms with Crippen molar-refractivity contribution in [1.82, 2.24) is 4.98 Å². The second kappa shape index (κ2) is 4.21. The van der Waals surface area contributed by atoms with Gasteiger partial charge in [0.1, 0.15) is 0 Å². The lowest BCUT2D eigenvalue weighted by atomic mass is 10.1. The first-order valence-corrected chi connectivity index (χ1v) is 5.06. The molecule has 0 unspecified atom stereocenters. The highest BCUT2D eigenvalue weighted by Gasteiger charge is 2.13. The van der Waals surface area contributed by atoms with E-state index < -0.39 is 4.92 Å². The SMILES string of the molecule is Cc1ccc(-c2ccc([N+](=O)[O-])c(N)n2)cc1. The Bertz CT molecular complexity index is 564. The van der Waals surface area contributed by atoms with E-state index >= 15 is 0 Å². The second-order valence-corrected chi connectivity index (χ2v) is 3.72. The summed E-state index contributed by atoms with van der Waals surface area (Å²) in [4.78, 5) is 14.1. The molecule has 0 amide bonds. The third kappa shape index (κ3) is 2.23. The van der Waals surface area contributed by atoms with E-state index in [-0.39, 0.29) is 11.5 Å². The number of aromatic nitrogens is 1. The number of nitrogens with two attached hydrogens (primary N) is 1. The predicted molar refractivity (Wildman–Crippen MR) is 65.5 cm³/mol. The minimum atomic E-state index is -0.540. The number of hydrogen-bond donors (Lipinski definition) is 1. The van der Waals surface area contributed by atoms with Crippen molar-refractivity contribution in [1.29, 1.82) is 0 Å². The minimum Gasteiger partial charge on any atom is -0.378 e. The number of nitrogens with zero attached hydrogens (tertiary/aromatic N) is 2. The summed E-state index contributed by atoms with van der Waals surface area (Å²) in [6.07, 6.45) is 0. The van der Waals surface area contributed by atoms with Crippen molar-refractivity contribution in [3.63, 3.8) is 0 Å². The Balaban J connectivity index is 2.44. The van der Waals surface area contributed by atoms with Gasteiger partial charge in [-0.3, -0.25) is 10.1 Å². The van der Waals surface area contributed by atoms with E-state index in [1.54, 1.807) is 6.07 Å². The molecule has 0 saturated heterocycles. The number of benzene rings is 1. The first-order chi connectivity index (χ1) is 8.08. The van der Waals surface area contributed by atoms with Gasteiger partial charge in [-0.25, -0.2) is 4.98 Å². The third-order valence-electron chi connectivity index (χ3n) is 2.45. The molecule has 0 aliphatic rings. The van der Waals surface area contributed by atoms with Gasteiger partial charge in [-0.05, 0) is 13.0 Å². The number of nitro groups is 1. The monoisotopic (exact) mass is 229 g/mol. The lowest BCUT2D eigenvalue weighted by Crippen LogP contribution is -1.99. The van der Waals surface area contributed by atoms with Crippen LogP contribution in [-0.2, 0) is 0 Å². The number of aryl methyl sites for hydroxylation is 1. The molecule has 2 rings (SSSR count). The zero-order valence-corrected chi connectivity index (χ0v) is 9.25. The zero-order valence-electron chi connectivity index (χ0n) is 9.25. The topological polar surface area (TPSA) is 82.0 Å². The summed E-state index contributed by atoms with van der Waals surface area (Å²) in [5.41, 5.74) is 8.03. The van der Waals surface area contributed by atoms with Gasteiger partial charge in [-0.15, -0.1) is 0 Å². The Kier molecular flexibility index (Phi) is 2.74. The van der Waals surface area contributed by atoms with Gasteiger partial charge < -0.3 is 5.73 Å². The van der Waals surface area contributed by atoms with Crippen LogP contribution in [0.2, 0.25) is 0 Å². The standard InChI is InChI=1S/C12H11N3O2/c1-8-2-4-9(5-3-8)10-6-7-11(15(16)17)12(13)14-10/h2-7H,1H3,(H2,13,14). The van der Waals surface area contributed by atoms with Gasteiger partial charge in [0, 0.05) is 11.6 Å². The summed E-state index contributed by atoms with van der Waals surface area (Å²) >= 11 is 0. The summed E-state index contributed by atoms with van der Waals surface area (Å²) in [6.45, 7) is 1.99. The average Bonchev–Trinajstić information content (AvgIpc) is 2.29. The molecule has 0 bridgehead atoms. The van der Waals surface area contributed by atoms with E-state index in [1.807, 2.05) is 31.2 Å². The Morgan fingerprint density at radius 1 is 1.18 bits per heavy atom. The van der Waals surface area contributed by atoms with Crippen LogP contribution in [0.5, 0.6) is 0 Å². The lowest BCUT2D eigenvalue weighted by Gasteiger charge is -2.03. The van der Waals surface area contributed by atoms with Gasteiger partial charge in [-0.1, -0.05) is 29.8 Å². The highest BCUT2D eigenvalue weighted by molar-refractivity contribution is 5.65. The molecule has 1 aromatic heterocycles. The van der Waals surface area contributed by atoms with Crippen molar-refractivity contribution in [2.24, 2.45) is 0 Å². The number of anilines is 1. The molecule has 0 aliphatic heterocycles. The van der Waals surface area contributed by atoms with E-state index in [2.05, 4.69) is 4.98 Å². The second-order valence-electron chi connectivity index (χ2n) is 3.72. The van der Waals surface area contributed by atoms with E-state index in [4.69, 9.17) is 5.73 Å². The van der Waals surface area contributed by atoms with Crippen LogP contribution in [0.1, 0.15) is 5.56 Å². The van der Waals surface area contributed by atoms with Crippen LogP contribution in [0.4, 0.5) is 11.5 Å². The van der Waals surface area contributed by atoms with Crippen molar-refractivity contribution in [3.8, 4) is 11.3 Å². The Labute approximate surface area is 98.1 Å². The Hall–Kier alpha value is -2.43. The smallest absolute Gasteiger partial charge is 0.311 e. The van der Waals surface area contributed by atoms with Gasteiger partial charge >= 0.3 is 5.69 Å². The van der Waals surface area contributed by atoms with Crippen molar-refractivity contribution >= 4 is 11.5 Å². The van der Waals surface area contributed by atoms with Gasteiger partial charge in [0.25, 0.3) is 0 Å². The van der Waals surface area contributed by atoms with Gasteiger partial charge in [0.05, 0.1) is 10.6 Å². The fourth-order valence-electron chi connectivity index (χ4n) is 1.51. The van der Waals surface area contributed by atoms with Crippen LogP contribution in [0.15, 0.2) is 36.4 Å². The van der Waals surface area contributed by atoms with Crippen molar-refractivity contribution in [2.45, 2.75) is 6.92 Å². The normalized spacial score (nSPS) is 10.2. The Morgan fingerprint density at radius 2 is 1.82 bits per heavy atom. The van der Waals surface area contributed by atoms with E-state index in [0.29, 0.717) is 5.69 Å². The fourth-order valence-corrected chi connectivity index (χ4v) is 1.51. The van der Waals surface area contributed by atoms with Crippen LogP contribution < -0.4 is 5.73 Å². The lowest BCUT2D eigenvalue weighted by molar-refractivity contribution is -0.384. The molecule has 1 aromatic carbocycles. The molecule has 2 aromatic rings. The number of nitrogen functional groups attached to an aromatic ring is 1. The number of pyridine rings is 1.